The first-order valence-electron chi connectivity index (χ1n) is 10.0. The van der Waals surface area contributed by atoms with E-state index in [2.05, 4.69) is 5.32 Å². The summed E-state index contributed by atoms with van der Waals surface area (Å²) in [7, 11) is 0. The van der Waals surface area contributed by atoms with Gasteiger partial charge in [-0.25, -0.2) is 9.18 Å². The van der Waals surface area contributed by atoms with Gasteiger partial charge in [0.2, 0.25) is 0 Å². The fourth-order valence-electron chi connectivity index (χ4n) is 3.55. The Kier molecular flexibility index (Phi) is 7.12. The van der Waals surface area contributed by atoms with Crippen molar-refractivity contribution in [1.29, 1.82) is 0 Å². The van der Waals surface area contributed by atoms with Crippen LogP contribution < -0.4 is 5.32 Å². The maximum absolute atomic E-state index is 14.2. The largest absolute Gasteiger partial charge is 0.444 e. The minimum absolute atomic E-state index is 0.0188. The molecule has 0 spiro atoms. The van der Waals surface area contributed by atoms with Gasteiger partial charge in [-0.05, 0) is 69.2 Å². The Balaban J connectivity index is 1.83. The summed E-state index contributed by atoms with van der Waals surface area (Å²) >= 11 is 11.7. The molecule has 1 fully saturated rings. The Morgan fingerprint density at radius 2 is 1.81 bits per heavy atom. The molecule has 31 heavy (non-hydrogen) atoms. The summed E-state index contributed by atoms with van der Waals surface area (Å²) in [6.45, 7) is 6.09. The highest BCUT2D eigenvalue weighted by atomic mass is 35.5. The van der Waals surface area contributed by atoms with Gasteiger partial charge in [0.15, 0.2) is 0 Å². The van der Waals surface area contributed by atoms with Gasteiger partial charge in [0.1, 0.15) is 11.4 Å². The van der Waals surface area contributed by atoms with Crippen LogP contribution in [0.2, 0.25) is 10.0 Å². The number of benzene rings is 2. The Morgan fingerprint density at radius 1 is 1.13 bits per heavy atom. The fourth-order valence-corrected chi connectivity index (χ4v) is 3.79. The van der Waals surface area contributed by atoms with Gasteiger partial charge in [-0.2, -0.15) is 0 Å². The Hall–Kier alpha value is -2.31. The molecule has 0 radical (unpaired) electrons. The van der Waals surface area contributed by atoms with Gasteiger partial charge < -0.3 is 15.0 Å². The lowest BCUT2D eigenvalue weighted by Crippen LogP contribution is -2.52. The highest BCUT2D eigenvalue weighted by Gasteiger charge is 2.35. The molecule has 1 aliphatic heterocycles. The van der Waals surface area contributed by atoms with Gasteiger partial charge in [-0.1, -0.05) is 29.3 Å². The second kappa shape index (κ2) is 9.45. The highest BCUT2D eigenvalue weighted by molar-refractivity contribution is 6.31. The summed E-state index contributed by atoms with van der Waals surface area (Å²) in [5, 5.41) is 3.59. The standard InChI is InChI=1S/C23H25Cl2FN2O3/c1-23(2,3)31-22(30)28-11-10-20(27-21(29)14-4-7-16(24)8-5-14)17(13-28)15-6-9-18(25)19(26)12-15/h4-9,12,17,20H,10-11,13H2,1-3H3,(H,27,29). The lowest BCUT2D eigenvalue weighted by Gasteiger charge is -2.39. The number of ether oxygens (including phenoxy) is 1. The van der Waals surface area contributed by atoms with Crippen LogP contribution >= 0.6 is 23.2 Å². The number of halogens is 3. The molecule has 0 saturated carbocycles. The molecule has 1 aliphatic rings. The molecule has 2 amide bonds. The molecule has 166 valence electrons. The maximum atomic E-state index is 14.2. The van der Waals surface area contributed by atoms with E-state index in [1.165, 1.54) is 12.1 Å². The molecule has 1 heterocycles. The maximum Gasteiger partial charge on any atom is 0.410 e. The molecule has 2 unspecified atom stereocenters. The predicted molar refractivity (Wildman–Crippen MR) is 119 cm³/mol. The van der Waals surface area contributed by atoms with Crippen molar-refractivity contribution < 1.29 is 18.7 Å². The van der Waals surface area contributed by atoms with Crippen molar-refractivity contribution in [1.82, 2.24) is 10.2 Å². The van der Waals surface area contributed by atoms with Crippen molar-refractivity contribution in [3.05, 3.63) is 69.5 Å². The fraction of sp³-hybridized carbons (Fsp3) is 0.391. The van der Waals surface area contributed by atoms with E-state index in [0.717, 1.165) is 0 Å². The van der Waals surface area contributed by atoms with E-state index < -0.39 is 17.5 Å². The van der Waals surface area contributed by atoms with Gasteiger partial charge >= 0.3 is 6.09 Å². The minimum Gasteiger partial charge on any atom is -0.444 e. The smallest absolute Gasteiger partial charge is 0.410 e. The van der Waals surface area contributed by atoms with E-state index in [-0.39, 0.29) is 29.4 Å². The van der Waals surface area contributed by atoms with Gasteiger partial charge in [0.25, 0.3) is 5.91 Å². The SMILES string of the molecule is CC(C)(C)OC(=O)N1CCC(NC(=O)c2ccc(Cl)cc2)C(c2ccc(Cl)c(F)c2)C1. The first kappa shape index (κ1) is 23.4. The summed E-state index contributed by atoms with van der Waals surface area (Å²) in [5.74, 6) is -1.13. The first-order valence-corrected chi connectivity index (χ1v) is 10.8. The van der Waals surface area contributed by atoms with Gasteiger partial charge in [-0.3, -0.25) is 4.79 Å². The van der Waals surface area contributed by atoms with Gasteiger partial charge in [0, 0.05) is 35.6 Å². The van der Waals surface area contributed by atoms with Crippen LogP contribution in [0.4, 0.5) is 9.18 Å². The van der Waals surface area contributed by atoms with E-state index in [0.29, 0.717) is 29.1 Å². The van der Waals surface area contributed by atoms with Crippen LogP contribution in [0.15, 0.2) is 42.5 Å². The highest BCUT2D eigenvalue weighted by Crippen LogP contribution is 2.31. The van der Waals surface area contributed by atoms with Crippen molar-refractivity contribution in [2.24, 2.45) is 0 Å². The second-order valence-corrected chi connectivity index (χ2v) is 9.43. The van der Waals surface area contributed by atoms with Crippen molar-refractivity contribution in [3.8, 4) is 0 Å². The van der Waals surface area contributed by atoms with E-state index in [1.807, 2.05) is 0 Å². The number of carbonyl (C=O) groups excluding carboxylic acids is 2. The van der Waals surface area contributed by atoms with Crippen LogP contribution in [0.25, 0.3) is 0 Å². The zero-order chi connectivity index (χ0) is 22.8. The quantitative estimate of drug-likeness (QED) is 0.634. The molecule has 1 saturated heterocycles. The summed E-state index contributed by atoms with van der Waals surface area (Å²) in [6.07, 6.45) is 0.0578. The van der Waals surface area contributed by atoms with Crippen LogP contribution in [-0.4, -0.2) is 41.6 Å². The Morgan fingerprint density at radius 3 is 2.42 bits per heavy atom. The molecule has 0 aliphatic carbocycles. The molecule has 2 aromatic rings. The number of likely N-dealkylation sites (tertiary alicyclic amines) is 1. The number of hydrogen-bond donors (Lipinski definition) is 1. The minimum atomic E-state index is -0.626. The normalized spacial score (nSPS) is 19.1. The molecule has 2 atom stereocenters. The molecule has 8 heteroatoms. The molecule has 1 N–H and O–H groups in total. The summed E-state index contributed by atoms with van der Waals surface area (Å²) < 4.78 is 19.7. The number of nitrogens with zero attached hydrogens (tertiary/aromatic N) is 1. The van der Waals surface area contributed by atoms with Gasteiger partial charge in [0.05, 0.1) is 5.02 Å². The van der Waals surface area contributed by atoms with Crippen LogP contribution in [0.1, 0.15) is 49.0 Å². The zero-order valence-electron chi connectivity index (χ0n) is 17.6. The lowest BCUT2D eigenvalue weighted by atomic mass is 9.85. The first-order chi connectivity index (χ1) is 14.5. The molecule has 0 bridgehead atoms. The third-order valence-corrected chi connectivity index (χ3v) is 5.62. The third kappa shape index (κ3) is 6.11. The number of amides is 2. The Bertz CT molecular complexity index is 960. The van der Waals surface area contributed by atoms with Crippen LogP contribution in [0.3, 0.4) is 0 Å². The number of rotatable bonds is 3. The molecule has 2 aromatic carbocycles. The molecular weight excluding hydrogens is 442 g/mol. The summed E-state index contributed by atoms with van der Waals surface area (Å²) in [5.41, 5.74) is 0.495. The molecule has 3 rings (SSSR count). The third-order valence-electron chi connectivity index (χ3n) is 5.06. The van der Waals surface area contributed by atoms with E-state index in [9.17, 15) is 14.0 Å². The van der Waals surface area contributed by atoms with Gasteiger partial charge in [-0.15, -0.1) is 0 Å². The van der Waals surface area contributed by atoms with Crippen molar-refractivity contribution in [2.75, 3.05) is 13.1 Å². The van der Waals surface area contributed by atoms with Crippen LogP contribution in [0, 0.1) is 5.82 Å². The molecular formula is C23H25Cl2FN2O3. The Labute approximate surface area is 191 Å². The lowest BCUT2D eigenvalue weighted by molar-refractivity contribution is 0.0177. The molecule has 5 nitrogen and oxygen atoms in total. The summed E-state index contributed by atoms with van der Waals surface area (Å²) in [6, 6.07) is 10.8. The number of hydrogen-bond acceptors (Lipinski definition) is 3. The van der Waals surface area contributed by atoms with E-state index >= 15 is 0 Å². The van der Waals surface area contributed by atoms with E-state index in [1.54, 1.807) is 56.0 Å². The van der Waals surface area contributed by atoms with Crippen molar-refractivity contribution in [2.45, 2.75) is 44.8 Å². The van der Waals surface area contributed by atoms with Crippen LogP contribution in [0.5, 0.6) is 0 Å². The van der Waals surface area contributed by atoms with Crippen molar-refractivity contribution >= 4 is 35.2 Å². The number of carbonyl (C=O) groups is 2. The monoisotopic (exact) mass is 466 g/mol. The second-order valence-electron chi connectivity index (χ2n) is 8.58. The van der Waals surface area contributed by atoms with Crippen molar-refractivity contribution in [3.63, 3.8) is 0 Å². The topological polar surface area (TPSA) is 58.6 Å². The average molecular weight is 467 g/mol. The molecule has 0 aromatic heterocycles. The zero-order valence-corrected chi connectivity index (χ0v) is 19.1. The average Bonchev–Trinajstić information content (AvgIpc) is 2.69. The van der Waals surface area contributed by atoms with Crippen LogP contribution in [-0.2, 0) is 4.74 Å². The number of nitrogens with one attached hydrogen (secondary N) is 1. The van der Waals surface area contributed by atoms with E-state index in [4.69, 9.17) is 27.9 Å². The summed E-state index contributed by atoms with van der Waals surface area (Å²) in [4.78, 5) is 27.0. The predicted octanol–water partition coefficient (Wildman–Crippen LogP) is 5.66. The number of piperidine rings is 1.